The summed E-state index contributed by atoms with van der Waals surface area (Å²) >= 11 is 1.80. The molecule has 0 bridgehead atoms. The molecule has 4 heteroatoms. The first-order valence-electron chi connectivity index (χ1n) is 6.73. The molecule has 1 aromatic rings. The lowest BCUT2D eigenvalue weighted by atomic mass is 9.99. The molecule has 1 unspecified atom stereocenters. The zero-order valence-corrected chi connectivity index (χ0v) is 11.3. The summed E-state index contributed by atoms with van der Waals surface area (Å²) in [4.78, 5) is 7.22. The van der Waals surface area contributed by atoms with Crippen LogP contribution in [0.1, 0.15) is 37.6 Å². The number of nitrogens with one attached hydrogen (secondary N) is 1. The third kappa shape index (κ3) is 2.26. The molecule has 0 radical (unpaired) electrons. The highest BCUT2D eigenvalue weighted by Crippen LogP contribution is 2.38. The van der Waals surface area contributed by atoms with Crippen molar-refractivity contribution in [3.8, 4) is 0 Å². The summed E-state index contributed by atoms with van der Waals surface area (Å²) in [7, 11) is 0. The molecule has 1 saturated heterocycles. The second kappa shape index (κ2) is 4.67. The third-order valence-electron chi connectivity index (χ3n) is 3.92. The molecule has 1 atom stereocenters. The van der Waals surface area contributed by atoms with E-state index in [1.807, 2.05) is 6.20 Å². The molecular weight excluding hydrogens is 230 g/mol. The van der Waals surface area contributed by atoms with Gasteiger partial charge in [0.1, 0.15) is 5.01 Å². The predicted octanol–water partition coefficient (Wildman–Crippen LogP) is 2.21. The highest BCUT2D eigenvalue weighted by atomic mass is 32.1. The fourth-order valence-electron chi connectivity index (χ4n) is 2.81. The van der Waals surface area contributed by atoms with Crippen molar-refractivity contribution in [2.45, 2.75) is 44.2 Å². The summed E-state index contributed by atoms with van der Waals surface area (Å²) < 4.78 is 0. The SMILES string of the molecule is CCCNC1(c2nccs2)CCN(C2CC2)C1. The lowest BCUT2D eigenvalue weighted by Gasteiger charge is -2.29. The van der Waals surface area contributed by atoms with Gasteiger partial charge in [0.05, 0.1) is 5.54 Å². The van der Waals surface area contributed by atoms with E-state index in [4.69, 9.17) is 0 Å². The Balaban J connectivity index is 1.77. The number of rotatable bonds is 5. The van der Waals surface area contributed by atoms with Crippen LogP contribution in [0, 0.1) is 0 Å². The molecule has 0 spiro atoms. The molecule has 1 saturated carbocycles. The van der Waals surface area contributed by atoms with Crippen molar-refractivity contribution in [2.24, 2.45) is 0 Å². The molecule has 3 rings (SSSR count). The fourth-order valence-corrected chi connectivity index (χ4v) is 3.65. The molecule has 1 N–H and O–H groups in total. The molecule has 1 aliphatic heterocycles. The number of hydrogen-bond donors (Lipinski definition) is 1. The van der Waals surface area contributed by atoms with Gasteiger partial charge in [0.15, 0.2) is 0 Å². The molecule has 2 heterocycles. The van der Waals surface area contributed by atoms with E-state index in [0.717, 1.165) is 19.1 Å². The van der Waals surface area contributed by atoms with Gasteiger partial charge >= 0.3 is 0 Å². The number of aromatic nitrogens is 1. The third-order valence-corrected chi connectivity index (χ3v) is 4.89. The van der Waals surface area contributed by atoms with Crippen molar-refractivity contribution in [3.05, 3.63) is 16.6 Å². The van der Waals surface area contributed by atoms with Crippen LogP contribution >= 0.6 is 11.3 Å². The van der Waals surface area contributed by atoms with E-state index in [0.29, 0.717) is 0 Å². The summed E-state index contributed by atoms with van der Waals surface area (Å²) in [6.07, 6.45) is 7.16. The Bertz CT molecular complexity index is 361. The molecular formula is C13H21N3S. The van der Waals surface area contributed by atoms with E-state index < -0.39 is 0 Å². The van der Waals surface area contributed by atoms with Crippen molar-refractivity contribution >= 4 is 11.3 Å². The van der Waals surface area contributed by atoms with Gasteiger partial charge in [-0.25, -0.2) is 4.98 Å². The van der Waals surface area contributed by atoms with Gasteiger partial charge in [-0.2, -0.15) is 0 Å². The zero-order valence-electron chi connectivity index (χ0n) is 10.5. The first-order valence-corrected chi connectivity index (χ1v) is 7.61. The van der Waals surface area contributed by atoms with Gasteiger partial charge in [-0.15, -0.1) is 11.3 Å². The molecule has 1 aliphatic carbocycles. The largest absolute Gasteiger partial charge is 0.304 e. The van der Waals surface area contributed by atoms with Crippen LogP contribution in [0.4, 0.5) is 0 Å². The molecule has 1 aromatic heterocycles. The van der Waals surface area contributed by atoms with Crippen molar-refractivity contribution in [1.82, 2.24) is 15.2 Å². The Morgan fingerprint density at radius 3 is 3.12 bits per heavy atom. The first kappa shape index (κ1) is 11.6. The summed E-state index contributed by atoms with van der Waals surface area (Å²) in [5, 5.41) is 7.15. The second-order valence-electron chi connectivity index (χ2n) is 5.30. The zero-order chi connectivity index (χ0) is 11.7. The van der Waals surface area contributed by atoms with E-state index in [2.05, 4.69) is 27.5 Å². The van der Waals surface area contributed by atoms with Gasteiger partial charge in [0, 0.05) is 30.7 Å². The molecule has 17 heavy (non-hydrogen) atoms. The van der Waals surface area contributed by atoms with Crippen LogP contribution in [0.15, 0.2) is 11.6 Å². The van der Waals surface area contributed by atoms with E-state index in [1.165, 1.54) is 37.2 Å². The summed E-state index contributed by atoms with van der Waals surface area (Å²) in [6, 6.07) is 0.875. The Morgan fingerprint density at radius 1 is 1.59 bits per heavy atom. The number of nitrogens with zero attached hydrogens (tertiary/aromatic N) is 2. The predicted molar refractivity (Wildman–Crippen MR) is 71.3 cm³/mol. The topological polar surface area (TPSA) is 28.2 Å². The van der Waals surface area contributed by atoms with Crippen LogP contribution in [0.3, 0.4) is 0 Å². The van der Waals surface area contributed by atoms with Gasteiger partial charge in [-0.05, 0) is 32.2 Å². The standard InChI is InChI=1S/C13H21N3S/c1-2-6-15-13(12-14-7-9-17-12)5-8-16(10-13)11-3-4-11/h7,9,11,15H,2-6,8,10H2,1H3. The molecule has 2 aliphatic rings. The molecule has 3 nitrogen and oxygen atoms in total. The van der Waals surface area contributed by atoms with Crippen LogP contribution in [-0.4, -0.2) is 35.6 Å². The van der Waals surface area contributed by atoms with E-state index in [9.17, 15) is 0 Å². The second-order valence-corrected chi connectivity index (χ2v) is 6.19. The maximum atomic E-state index is 4.57. The first-order chi connectivity index (χ1) is 8.34. The minimum absolute atomic E-state index is 0.146. The minimum Gasteiger partial charge on any atom is -0.304 e. The van der Waals surface area contributed by atoms with E-state index >= 15 is 0 Å². The van der Waals surface area contributed by atoms with Gasteiger partial charge in [-0.1, -0.05) is 6.92 Å². The number of thiazole rings is 1. The summed E-state index contributed by atoms with van der Waals surface area (Å²) in [5.41, 5.74) is 0.146. The molecule has 0 aromatic carbocycles. The maximum absolute atomic E-state index is 4.57. The highest BCUT2D eigenvalue weighted by Gasteiger charge is 2.45. The Morgan fingerprint density at radius 2 is 2.47 bits per heavy atom. The lowest BCUT2D eigenvalue weighted by Crippen LogP contribution is -2.45. The molecule has 2 fully saturated rings. The van der Waals surface area contributed by atoms with Crippen molar-refractivity contribution < 1.29 is 0 Å². The number of hydrogen-bond acceptors (Lipinski definition) is 4. The van der Waals surface area contributed by atoms with Crippen LogP contribution in [-0.2, 0) is 5.54 Å². The van der Waals surface area contributed by atoms with E-state index in [1.54, 1.807) is 11.3 Å². The average molecular weight is 251 g/mol. The molecule has 0 amide bonds. The summed E-state index contributed by atoms with van der Waals surface area (Å²) in [6.45, 7) is 5.72. The average Bonchev–Trinajstić information content (AvgIpc) is 2.90. The van der Waals surface area contributed by atoms with Crippen LogP contribution in [0.5, 0.6) is 0 Å². The Labute approximate surface area is 107 Å². The van der Waals surface area contributed by atoms with Gasteiger partial charge in [0.25, 0.3) is 0 Å². The molecule has 94 valence electrons. The number of likely N-dealkylation sites (tertiary alicyclic amines) is 1. The van der Waals surface area contributed by atoms with Crippen LogP contribution < -0.4 is 5.32 Å². The van der Waals surface area contributed by atoms with Crippen LogP contribution in [0.25, 0.3) is 0 Å². The maximum Gasteiger partial charge on any atom is 0.114 e. The normalized spacial score (nSPS) is 29.9. The van der Waals surface area contributed by atoms with Gasteiger partial charge < -0.3 is 5.32 Å². The Hall–Kier alpha value is -0.450. The van der Waals surface area contributed by atoms with Gasteiger partial charge in [0.2, 0.25) is 0 Å². The van der Waals surface area contributed by atoms with E-state index in [-0.39, 0.29) is 5.54 Å². The Kier molecular flexibility index (Phi) is 3.19. The lowest BCUT2D eigenvalue weighted by molar-refractivity contribution is 0.274. The van der Waals surface area contributed by atoms with Gasteiger partial charge in [-0.3, -0.25) is 4.90 Å². The van der Waals surface area contributed by atoms with Crippen molar-refractivity contribution in [2.75, 3.05) is 19.6 Å². The quantitative estimate of drug-likeness (QED) is 0.869. The summed E-state index contributed by atoms with van der Waals surface area (Å²) in [5.74, 6) is 0. The highest BCUT2D eigenvalue weighted by molar-refractivity contribution is 7.09. The van der Waals surface area contributed by atoms with Crippen molar-refractivity contribution in [3.63, 3.8) is 0 Å². The van der Waals surface area contributed by atoms with Crippen molar-refractivity contribution in [1.29, 1.82) is 0 Å². The monoisotopic (exact) mass is 251 g/mol. The smallest absolute Gasteiger partial charge is 0.114 e. The minimum atomic E-state index is 0.146. The fraction of sp³-hybridized carbons (Fsp3) is 0.769. The van der Waals surface area contributed by atoms with Crippen LogP contribution in [0.2, 0.25) is 0 Å².